The van der Waals surface area contributed by atoms with Gasteiger partial charge in [0.05, 0.1) is 6.20 Å². The molecule has 1 aromatic rings. The number of nitrogens with one attached hydrogen (secondary N) is 1. The second-order valence-electron chi connectivity index (χ2n) is 3.81. The first-order valence-corrected chi connectivity index (χ1v) is 5.17. The molecular formula is C11H15FN2. The first-order chi connectivity index (χ1) is 6.86. The molecule has 1 aliphatic rings. The highest BCUT2D eigenvalue weighted by atomic mass is 19.1. The topological polar surface area (TPSA) is 24.9 Å². The monoisotopic (exact) mass is 194 g/mol. The van der Waals surface area contributed by atoms with Gasteiger partial charge in [0.1, 0.15) is 5.82 Å². The lowest BCUT2D eigenvalue weighted by Gasteiger charge is -2.13. The van der Waals surface area contributed by atoms with Crippen LogP contribution in [0.4, 0.5) is 4.39 Å². The van der Waals surface area contributed by atoms with Crippen molar-refractivity contribution in [1.82, 2.24) is 10.3 Å². The molecule has 0 aliphatic carbocycles. The van der Waals surface area contributed by atoms with E-state index >= 15 is 0 Å². The van der Waals surface area contributed by atoms with Gasteiger partial charge in [0.25, 0.3) is 0 Å². The minimum absolute atomic E-state index is 0.222. The van der Waals surface area contributed by atoms with E-state index in [1.165, 1.54) is 12.6 Å². The van der Waals surface area contributed by atoms with Crippen molar-refractivity contribution in [1.29, 1.82) is 0 Å². The molecule has 2 heterocycles. The third-order valence-electron chi connectivity index (χ3n) is 2.77. The predicted octanol–water partition coefficient (Wildman–Crippen LogP) is 2.08. The fraction of sp³-hybridized carbons (Fsp3) is 0.545. The average molecular weight is 194 g/mol. The Kier molecular flexibility index (Phi) is 3.09. The lowest BCUT2D eigenvalue weighted by Crippen LogP contribution is -2.13. The summed E-state index contributed by atoms with van der Waals surface area (Å²) in [5, 5.41) is 3.35. The van der Waals surface area contributed by atoms with Gasteiger partial charge in [-0.1, -0.05) is 0 Å². The second kappa shape index (κ2) is 4.51. The molecule has 0 bridgehead atoms. The van der Waals surface area contributed by atoms with Gasteiger partial charge in [-0.25, -0.2) is 4.39 Å². The van der Waals surface area contributed by atoms with E-state index in [1.54, 1.807) is 12.3 Å². The van der Waals surface area contributed by atoms with E-state index < -0.39 is 0 Å². The lowest BCUT2D eigenvalue weighted by molar-refractivity contribution is 0.584. The van der Waals surface area contributed by atoms with Crippen LogP contribution in [0.5, 0.6) is 0 Å². The van der Waals surface area contributed by atoms with Gasteiger partial charge in [-0.2, -0.15) is 0 Å². The van der Waals surface area contributed by atoms with Crippen LogP contribution in [0.15, 0.2) is 18.5 Å². The van der Waals surface area contributed by atoms with Crippen molar-refractivity contribution in [3.05, 3.63) is 29.8 Å². The molecule has 1 atom stereocenters. The summed E-state index contributed by atoms with van der Waals surface area (Å²) in [7, 11) is 0. The van der Waals surface area contributed by atoms with Crippen molar-refractivity contribution in [2.24, 2.45) is 0 Å². The Bertz CT molecular complexity index is 293. The van der Waals surface area contributed by atoms with Crippen molar-refractivity contribution in [3.8, 4) is 0 Å². The Hall–Kier alpha value is -0.960. The van der Waals surface area contributed by atoms with Gasteiger partial charge in [0.15, 0.2) is 0 Å². The van der Waals surface area contributed by atoms with E-state index in [-0.39, 0.29) is 5.82 Å². The van der Waals surface area contributed by atoms with Crippen LogP contribution in [0.1, 0.15) is 30.7 Å². The summed E-state index contributed by atoms with van der Waals surface area (Å²) in [6, 6.07) is 1.61. The number of hydrogen-bond acceptors (Lipinski definition) is 2. The lowest BCUT2D eigenvalue weighted by atomic mass is 9.93. The molecule has 1 N–H and O–H groups in total. The molecule has 1 aliphatic heterocycles. The minimum atomic E-state index is -0.222. The molecule has 76 valence electrons. The Morgan fingerprint density at radius 1 is 1.29 bits per heavy atom. The van der Waals surface area contributed by atoms with Crippen LogP contribution in [0.25, 0.3) is 0 Å². The normalized spacial score (nSPS) is 23.1. The third kappa shape index (κ3) is 2.29. The van der Waals surface area contributed by atoms with Gasteiger partial charge in [0, 0.05) is 6.20 Å². The fourth-order valence-corrected chi connectivity index (χ4v) is 2.00. The molecule has 2 rings (SSSR count). The molecule has 2 nitrogen and oxygen atoms in total. The van der Waals surface area contributed by atoms with Crippen molar-refractivity contribution in [3.63, 3.8) is 0 Å². The molecule has 1 fully saturated rings. The predicted molar refractivity (Wildman–Crippen MR) is 53.7 cm³/mol. The summed E-state index contributed by atoms with van der Waals surface area (Å²) < 4.78 is 12.9. The largest absolute Gasteiger partial charge is 0.317 e. The Labute approximate surface area is 83.6 Å². The molecule has 0 amide bonds. The molecule has 0 spiro atoms. The van der Waals surface area contributed by atoms with Crippen LogP contribution >= 0.6 is 0 Å². The molecule has 1 saturated heterocycles. The number of pyridine rings is 1. The highest BCUT2D eigenvalue weighted by Crippen LogP contribution is 2.25. The number of rotatable bonds is 1. The molecule has 1 aromatic heterocycles. The zero-order valence-corrected chi connectivity index (χ0v) is 8.17. The highest BCUT2D eigenvalue weighted by molar-refractivity contribution is 5.16. The van der Waals surface area contributed by atoms with E-state index in [2.05, 4.69) is 10.3 Å². The number of aromatic nitrogens is 1. The van der Waals surface area contributed by atoms with Gasteiger partial charge in [-0.3, -0.25) is 4.98 Å². The minimum Gasteiger partial charge on any atom is -0.317 e. The quantitative estimate of drug-likeness (QED) is 0.740. The van der Waals surface area contributed by atoms with Crippen LogP contribution in [0.3, 0.4) is 0 Å². The standard InChI is InChI=1S/C11H15FN2/c12-11-6-10(7-14-8-11)9-2-1-4-13-5-3-9/h6-9,13H,1-5H2. The van der Waals surface area contributed by atoms with Gasteiger partial charge in [0.2, 0.25) is 0 Å². The number of halogens is 1. The summed E-state index contributed by atoms with van der Waals surface area (Å²) >= 11 is 0. The fourth-order valence-electron chi connectivity index (χ4n) is 2.00. The summed E-state index contributed by atoms with van der Waals surface area (Å²) in [6.45, 7) is 2.11. The van der Waals surface area contributed by atoms with Crippen LogP contribution < -0.4 is 5.32 Å². The highest BCUT2D eigenvalue weighted by Gasteiger charge is 2.14. The van der Waals surface area contributed by atoms with Crippen molar-refractivity contribution in [2.75, 3.05) is 13.1 Å². The number of hydrogen-bond donors (Lipinski definition) is 1. The van der Waals surface area contributed by atoms with Crippen LogP contribution in [-0.2, 0) is 0 Å². The third-order valence-corrected chi connectivity index (χ3v) is 2.77. The maximum absolute atomic E-state index is 12.9. The molecular weight excluding hydrogens is 179 g/mol. The maximum atomic E-state index is 12.9. The number of nitrogens with zero attached hydrogens (tertiary/aromatic N) is 1. The van der Waals surface area contributed by atoms with Gasteiger partial charge in [-0.15, -0.1) is 0 Å². The molecule has 0 saturated carbocycles. The van der Waals surface area contributed by atoms with Crippen molar-refractivity contribution >= 4 is 0 Å². The van der Waals surface area contributed by atoms with E-state index in [1.807, 2.05) is 0 Å². The zero-order chi connectivity index (χ0) is 9.80. The SMILES string of the molecule is Fc1cncc(C2CCCNCC2)c1. The summed E-state index contributed by atoms with van der Waals surface area (Å²) in [6.07, 6.45) is 6.45. The summed E-state index contributed by atoms with van der Waals surface area (Å²) in [4.78, 5) is 3.89. The molecule has 1 unspecified atom stereocenters. The van der Waals surface area contributed by atoms with Crippen LogP contribution in [0, 0.1) is 5.82 Å². The van der Waals surface area contributed by atoms with Crippen LogP contribution in [-0.4, -0.2) is 18.1 Å². The summed E-state index contributed by atoms with van der Waals surface area (Å²) in [5.74, 6) is 0.257. The van der Waals surface area contributed by atoms with E-state index in [9.17, 15) is 4.39 Å². The zero-order valence-electron chi connectivity index (χ0n) is 8.17. The van der Waals surface area contributed by atoms with Crippen molar-refractivity contribution < 1.29 is 4.39 Å². The molecule has 0 radical (unpaired) electrons. The van der Waals surface area contributed by atoms with Gasteiger partial charge in [-0.05, 0) is 49.9 Å². The second-order valence-corrected chi connectivity index (χ2v) is 3.81. The van der Waals surface area contributed by atoms with E-state index in [4.69, 9.17) is 0 Å². The molecule has 0 aromatic carbocycles. The van der Waals surface area contributed by atoms with E-state index in [0.717, 1.165) is 31.5 Å². The maximum Gasteiger partial charge on any atom is 0.141 e. The van der Waals surface area contributed by atoms with Crippen molar-refractivity contribution in [2.45, 2.75) is 25.2 Å². The summed E-state index contributed by atoms with van der Waals surface area (Å²) in [5.41, 5.74) is 1.05. The van der Waals surface area contributed by atoms with Gasteiger partial charge < -0.3 is 5.32 Å². The Morgan fingerprint density at radius 3 is 3.07 bits per heavy atom. The van der Waals surface area contributed by atoms with Gasteiger partial charge >= 0.3 is 0 Å². The first-order valence-electron chi connectivity index (χ1n) is 5.17. The molecule has 3 heteroatoms. The first kappa shape index (κ1) is 9.59. The Balaban J connectivity index is 2.12. The molecule has 14 heavy (non-hydrogen) atoms. The smallest absolute Gasteiger partial charge is 0.141 e. The Morgan fingerprint density at radius 2 is 2.21 bits per heavy atom. The average Bonchev–Trinajstić information content (AvgIpc) is 2.45. The van der Waals surface area contributed by atoms with E-state index in [0.29, 0.717) is 5.92 Å². The van der Waals surface area contributed by atoms with Crippen LogP contribution in [0.2, 0.25) is 0 Å².